The first-order chi connectivity index (χ1) is 11.6. The predicted molar refractivity (Wildman–Crippen MR) is 90.1 cm³/mol. The number of hydrogen-bond acceptors (Lipinski definition) is 4. The third kappa shape index (κ3) is 3.87. The summed E-state index contributed by atoms with van der Waals surface area (Å²) >= 11 is 0. The van der Waals surface area contributed by atoms with Crippen molar-refractivity contribution >= 4 is 12.0 Å². The summed E-state index contributed by atoms with van der Waals surface area (Å²) < 4.78 is 5.38. The number of rotatable bonds is 5. The smallest absolute Gasteiger partial charge is 0.410 e. The Kier molecular flexibility index (Phi) is 5.04. The lowest BCUT2D eigenvalue weighted by molar-refractivity contribution is -0.135. The molecule has 6 heteroatoms. The summed E-state index contributed by atoms with van der Waals surface area (Å²) in [5.41, 5.74) is 6.75. The Morgan fingerprint density at radius 3 is 2.58 bits per heavy atom. The van der Waals surface area contributed by atoms with Crippen LogP contribution in [0.4, 0.5) is 4.79 Å². The quantitative estimate of drug-likeness (QED) is 0.891. The van der Waals surface area contributed by atoms with Gasteiger partial charge in [0, 0.05) is 19.1 Å². The number of amides is 2. The number of likely N-dealkylation sites (tertiary alicyclic amines) is 1. The summed E-state index contributed by atoms with van der Waals surface area (Å²) in [6, 6.07) is 9.48. The predicted octanol–water partition coefficient (Wildman–Crippen LogP) is 1.74. The minimum Gasteiger partial charge on any atom is -0.445 e. The van der Waals surface area contributed by atoms with Crippen molar-refractivity contribution in [1.82, 2.24) is 9.80 Å². The maximum absolute atomic E-state index is 12.4. The molecule has 3 rings (SSSR count). The van der Waals surface area contributed by atoms with E-state index in [1.165, 1.54) is 0 Å². The zero-order valence-electron chi connectivity index (χ0n) is 14.1. The lowest BCUT2D eigenvalue weighted by atomic mass is 10.2. The van der Waals surface area contributed by atoms with Crippen LogP contribution in [0.5, 0.6) is 0 Å². The summed E-state index contributed by atoms with van der Waals surface area (Å²) in [5.74, 6) is -0.0120. The van der Waals surface area contributed by atoms with Crippen molar-refractivity contribution in [2.45, 2.75) is 50.9 Å². The minimum atomic E-state index is -0.496. The van der Waals surface area contributed by atoms with Crippen LogP contribution in [-0.2, 0) is 16.1 Å². The standard InChI is InChI=1S/C18H25N3O3/c1-13(19)17(22)21(15-7-8-15)16-9-10-20(11-16)18(23)24-12-14-5-3-2-4-6-14/h2-6,13,15-16H,7-12,19H2,1H3/t13-,16?/m0/s1. The summed E-state index contributed by atoms with van der Waals surface area (Å²) in [6.45, 7) is 3.14. The van der Waals surface area contributed by atoms with Gasteiger partial charge in [0.05, 0.1) is 12.1 Å². The molecule has 2 N–H and O–H groups in total. The highest BCUT2D eigenvalue weighted by atomic mass is 16.6. The summed E-state index contributed by atoms with van der Waals surface area (Å²) in [6.07, 6.45) is 2.54. The molecule has 0 radical (unpaired) electrons. The number of carbonyl (C=O) groups is 2. The number of nitrogens with zero attached hydrogens (tertiary/aromatic N) is 2. The van der Waals surface area contributed by atoms with Crippen LogP contribution in [-0.4, -0.2) is 53.0 Å². The van der Waals surface area contributed by atoms with Gasteiger partial charge in [-0.05, 0) is 31.7 Å². The molecule has 0 aromatic heterocycles. The first-order valence-electron chi connectivity index (χ1n) is 8.59. The Bertz CT molecular complexity index is 586. The Morgan fingerprint density at radius 2 is 1.96 bits per heavy atom. The zero-order chi connectivity index (χ0) is 17.1. The monoisotopic (exact) mass is 331 g/mol. The number of nitrogens with two attached hydrogens (primary N) is 1. The van der Waals surface area contributed by atoms with Gasteiger partial charge in [-0.25, -0.2) is 4.79 Å². The van der Waals surface area contributed by atoms with Crippen LogP contribution in [0.25, 0.3) is 0 Å². The molecule has 1 saturated carbocycles. The van der Waals surface area contributed by atoms with Gasteiger partial charge >= 0.3 is 6.09 Å². The van der Waals surface area contributed by atoms with E-state index in [-0.39, 0.29) is 24.6 Å². The van der Waals surface area contributed by atoms with E-state index in [4.69, 9.17) is 10.5 Å². The summed E-state index contributed by atoms with van der Waals surface area (Å²) in [5, 5.41) is 0. The van der Waals surface area contributed by atoms with Crippen molar-refractivity contribution < 1.29 is 14.3 Å². The van der Waals surface area contributed by atoms with Gasteiger partial charge in [-0.15, -0.1) is 0 Å². The van der Waals surface area contributed by atoms with E-state index in [2.05, 4.69) is 0 Å². The molecular weight excluding hydrogens is 306 g/mol. The van der Waals surface area contributed by atoms with E-state index in [1.54, 1.807) is 11.8 Å². The molecule has 0 spiro atoms. The molecule has 130 valence electrons. The fourth-order valence-electron chi connectivity index (χ4n) is 3.19. The van der Waals surface area contributed by atoms with Crippen LogP contribution in [0.1, 0.15) is 31.7 Å². The van der Waals surface area contributed by atoms with E-state index < -0.39 is 6.04 Å². The van der Waals surface area contributed by atoms with Crippen molar-refractivity contribution in [1.29, 1.82) is 0 Å². The molecular formula is C18H25N3O3. The van der Waals surface area contributed by atoms with Gasteiger partial charge in [0.1, 0.15) is 6.61 Å². The molecule has 2 fully saturated rings. The second kappa shape index (κ2) is 7.21. The van der Waals surface area contributed by atoms with Crippen LogP contribution < -0.4 is 5.73 Å². The third-order valence-corrected chi connectivity index (χ3v) is 4.60. The topological polar surface area (TPSA) is 75.9 Å². The van der Waals surface area contributed by atoms with E-state index in [9.17, 15) is 9.59 Å². The lowest BCUT2D eigenvalue weighted by Crippen LogP contribution is -2.50. The average Bonchev–Trinajstić information content (AvgIpc) is 3.30. The average molecular weight is 331 g/mol. The molecule has 1 aliphatic carbocycles. The molecule has 0 bridgehead atoms. The molecule has 1 saturated heterocycles. The van der Waals surface area contributed by atoms with Crippen molar-refractivity contribution in [2.75, 3.05) is 13.1 Å². The third-order valence-electron chi connectivity index (χ3n) is 4.60. The fraction of sp³-hybridized carbons (Fsp3) is 0.556. The molecule has 1 aromatic rings. The first-order valence-corrected chi connectivity index (χ1v) is 8.59. The molecule has 1 aliphatic heterocycles. The molecule has 2 atom stereocenters. The maximum Gasteiger partial charge on any atom is 0.410 e. The van der Waals surface area contributed by atoms with Gasteiger partial charge in [-0.2, -0.15) is 0 Å². The van der Waals surface area contributed by atoms with Crippen LogP contribution in [0.3, 0.4) is 0 Å². The van der Waals surface area contributed by atoms with E-state index >= 15 is 0 Å². The molecule has 1 unspecified atom stereocenters. The number of ether oxygens (including phenoxy) is 1. The fourth-order valence-corrected chi connectivity index (χ4v) is 3.19. The highest BCUT2D eigenvalue weighted by Gasteiger charge is 2.41. The molecule has 6 nitrogen and oxygen atoms in total. The molecule has 1 heterocycles. The second-order valence-electron chi connectivity index (χ2n) is 6.69. The van der Waals surface area contributed by atoms with Gasteiger partial charge in [0.25, 0.3) is 0 Å². The van der Waals surface area contributed by atoms with Crippen LogP contribution >= 0.6 is 0 Å². The second-order valence-corrected chi connectivity index (χ2v) is 6.69. The maximum atomic E-state index is 12.4. The van der Waals surface area contributed by atoms with Gasteiger partial charge in [0.15, 0.2) is 0 Å². The Hall–Kier alpha value is -2.08. The highest BCUT2D eigenvalue weighted by Crippen LogP contribution is 2.32. The summed E-state index contributed by atoms with van der Waals surface area (Å²) in [4.78, 5) is 28.2. The van der Waals surface area contributed by atoms with E-state index in [1.807, 2.05) is 35.2 Å². The molecule has 1 aromatic carbocycles. The van der Waals surface area contributed by atoms with Crippen LogP contribution in [0, 0.1) is 0 Å². The lowest BCUT2D eigenvalue weighted by Gasteiger charge is -2.30. The number of benzene rings is 1. The molecule has 2 aliphatic rings. The summed E-state index contributed by atoms with van der Waals surface area (Å²) in [7, 11) is 0. The Balaban J connectivity index is 1.54. The Labute approximate surface area is 142 Å². The van der Waals surface area contributed by atoms with Gasteiger partial charge in [0.2, 0.25) is 5.91 Å². The largest absolute Gasteiger partial charge is 0.445 e. The molecule has 24 heavy (non-hydrogen) atoms. The zero-order valence-corrected chi connectivity index (χ0v) is 14.1. The SMILES string of the molecule is C[C@H](N)C(=O)N(C1CC1)C1CCN(C(=O)OCc2ccccc2)C1. The van der Waals surface area contributed by atoms with Gasteiger partial charge in [-0.3, -0.25) is 4.79 Å². The van der Waals surface area contributed by atoms with E-state index in [0.717, 1.165) is 24.8 Å². The molecule has 2 amide bonds. The van der Waals surface area contributed by atoms with E-state index in [0.29, 0.717) is 19.1 Å². The van der Waals surface area contributed by atoms with Gasteiger partial charge in [-0.1, -0.05) is 30.3 Å². The van der Waals surface area contributed by atoms with Crippen LogP contribution in [0.2, 0.25) is 0 Å². The van der Waals surface area contributed by atoms with Crippen molar-refractivity contribution in [3.63, 3.8) is 0 Å². The van der Waals surface area contributed by atoms with Crippen molar-refractivity contribution in [3.05, 3.63) is 35.9 Å². The number of hydrogen-bond donors (Lipinski definition) is 1. The van der Waals surface area contributed by atoms with Crippen molar-refractivity contribution in [2.24, 2.45) is 5.73 Å². The van der Waals surface area contributed by atoms with Crippen LogP contribution in [0.15, 0.2) is 30.3 Å². The highest BCUT2D eigenvalue weighted by molar-refractivity contribution is 5.82. The Morgan fingerprint density at radius 1 is 1.25 bits per heavy atom. The minimum absolute atomic E-state index is 0.0120. The first kappa shape index (κ1) is 16.8. The normalized spacial score (nSPS) is 21.4. The number of carbonyl (C=O) groups excluding carboxylic acids is 2. The van der Waals surface area contributed by atoms with Gasteiger partial charge < -0.3 is 20.3 Å². The van der Waals surface area contributed by atoms with Crippen molar-refractivity contribution in [3.8, 4) is 0 Å².